The lowest BCUT2D eigenvalue weighted by Gasteiger charge is -2.29. The van der Waals surface area contributed by atoms with E-state index in [0.29, 0.717) is 13.2 Å². The molecule has 2 aromatic rings. The van der Waals surface area contributed by atoms with Gasteiger partial charge < -0.3 is 13.3 Å². The van der Waals surface area contributed by atoms with Gasteiger partial charge in [0.25, 0.3) is 0 Å². The van der Waals surface area contributed by atoms with Gasteiger partial charge in [-0.3, -0.25) is 0 Å². The molecule has 0 fully saturated rings. The van der Waals surface area contributed by atoms with Crippen molar-refractivity contribution in [1.29, 1.82) is 0 Å². The summed E-state index contributed by atoms with van der Waals surface area (Å²) in [5.41, 5.74) is 0. The zero-order valence-corrected chi connectivity index (χ0v) is 14.1. The van der Waals surface area contributed by atoms with E-state index in [4.69, 9.17) is 13.3 Å². The van der Waals surface area contributed by atoms with Crippen molar-refractivity contribution in [2.45, 2.75) is 26.7 Å². The first-order valence-corrected chi connectivity index (χ1v) is 9.31. The molecule has 2 rings (SSSR count). The smallest absolute Gasteiger partial charge is 0.373 e. The summed E-state index contributed by atoms with van der Waals surface area (Å²) in [6.07, 6.45) is 1.89. The molecule has 0 aromatic heterocycles. The highest BCUT2D eigenvalue weighted by Gasteiger charge is 2.43. The summed E-state index contributed by atoms with van der Waals surface area (Å²) in [5.74, 6) is 0. The summed E-state index contributed by atoms with van der Waals surface area (Å²) in [6.45, 7) is 5.48. The maximum absolute atomic E-state index is 6.12. The van der Waals surface area contributed by atoms with Crippen LogP contribution in [-0.4, -0.2) is 29.1 Å². The molecule has 0 bridgehead atoms. The molecule has 0 amide bonds. The molecule has 0 heterocycles. The van der Waals surface area contributed by atoms with E-state index in [1.165, 1.54) is 5.39 Å². The van der Waals surface area contributed by atoms with E-state index in [1.54, 1.807) is 7.11 Å². The summed E-state index contributed by atoms with van der Waals surface area (Å²) >= 11 is 0. The summed E-state index contributed by atoms with van der Waals surface area (Å²) in [5, 5.41) is 3.40. The lowest BCUT2D eigenvalue weighted by atomic mass is 10.1. The lowest BCUT2D eigenvalue weighted by molar-refractivity contribution is 0.0923. The Balaban J connectivity index is 2.50. The Labute approximate surface area is 128 Å². The molecular formula is C17H24O3Si. The number of hydrogen-bond donors (Lipinski definition) is 0. The molecule has 0 N–H and O–H groups in total. The lowest BCUT2D eigenvalue weighted by Crippen LogP contribution is -2.56. The first kappa shape index (κ1) is 16.2. The van der Waals surface area contributed by atoms with Crippen LogP contribution in [0.25, 0.3) is 10.8 Å². The third kappa shape index (κ3) is 3.52. The Hall–Kier alpha value is -1.20. The molecule has 0 radical (unpaired) electrons. The quantitative estimate of drug-likeness (QED) is 0.699. The fourth-order valence-electron chi connectivity index (χ4n) is 2.39. The third-order valence-corrected chi connectivity index (χ3v) is 6.18. The highest BCUT2D eigenvalue weighted by atomic mass is 28.4. The molecule has 0 aliphatic rings. The second kappa shape index (κ2) is 7.71. The molecule has 3 nitrogen and oxygen atoms in total. The Morgan fingerprint density at radius 3 is 2.10 bits per heavy atom. The Bertz CT molecular complexity index is 557. The molecule has 0 saturated carbocycles. The number of fused-ring (bicyclic) bond motifs is 1. The minimum absolute atomic E-state index is 0.646. The topological polar surface area (TPSA) is 27.7 Å². The summed E-state index contributed by atoms with van der Waals surface area (Å²) < 4.78 is 18.1. The minimum atomic E-state index is -2.85. The zero-order chi connectivity index (χ0) is 15.1. The second-order valence-corrected chi connectivity index (χ2v) is 7.62. The van der Waals surface area contributed by atoms with Crippen molar-refractivity contribution >= 4 is 24.8 Å². The predicted molar refractivity (Wildman–Crippen MR) is 88.8 cm³/mol. The van der Waals surface area contributed by atoms with Crippen LogP contribution in [-0.2, 0) is 13.3 Å². The standard InChI is InChI=1S/C17H24O3Si/c1-4-13-19-21(18-3,20-14-5-2)17-12-8-10-15-9-6-7-11-16(15)17/h6-12H,4-5,13-14H2,1-3H3. The van der Waals surface area contributed by atoms with E-state index in [2.05, 4.69) is 38.1 Å². The Morgan fingerprint density at radius 2 is 1.48 bits per heavy atom. The Kier molecular flexibility index (Phi) is 5.93. The molecule has 0 atom stereocenters. The van der Waals surface area contributed by atoms with Gasteiger partial charge in [-0.05, 0) is 23.6 Å². The molecule has 2 aromatic carbocycles. The number of benzene rings is 2. The SMILES string of the molecule is CCCO[Si](OC)(OCCC)c1cccc2ccccc12. The average Bonchev–Trinajstić information content (AvgIpc) is 2.55. The van der Waals surface area contributed by atoms with Gasteiger partial charge in [0.05, 0.1) is 0 Å². The molecule has 4 heteroatoms. The molecule has 114 valence electrons. The van der Waals surface area contributed by atoms with Crippen molar-refractivity contribution in [3.8, 4) is 0 Å². The molecule has 0 spiro atoms. The van der Waals surface area contributed by atoms with Crippen molar-refractivity contribution in [3.05, 3.63) is 42.5 Å². The van der Waals surface area contributed by atoms with Crippen LogP contribution in [0.4, 0.5) is 0 Å². The van der Waals surface area contributed by atoms with Gasteiger partial charge >= 0.3 is 8.80 Å². The van der Waals surface area contributed by atoms with Gasteiger partial charge in [-0.25, -0.2) is 0 Å². The largest absolute Gasteiger partial charge is 0.537 e. The van der Waals surface area contributed by atoms with Crippen LogP contribution >= 0.6 is 0 Å². The van der Waals surface area contributed by atoms with E-state index in [-0.39, 0.29) is 0 Å². The molecule has 0 unspecified atom stereocenters. The van der Waals surface area contributed by atoms with Crippen molar-refractivity contribution in [2.75, 3.05) is 20.3 Å². The summed E-state index contributed by atoms with van der Waals surface area (Å²) in [4.78, 5) is 0. The van der Waals surface area contributed by atoms with E-state index in [0.717, 1.165) is 23.4 Å². The highest BCUT2D eigenvalue weighted by Crippen LogP contribution is 2.18. The molecule has 0 aliphatic heterocycles. The molecular weight excluding hydrogens is 280 g/mol. The van der Waals surface area contributed by atoms with E-state index >= 15 is 0 Å². The van der Waals surface area contributed by atoms with Gasteiger partial charge in [-0.1, -0.05) is 56.3 Å². The van der Waals surface area contributed by atoms with Crippen LogP contribution in [0, 0.1) is 0 Å². The van der Waals surface area contributed by atoms with Gasteiger partial charge in [-0.2, -0.15) is 0 Å². The van der Waals surface area contributed by atoms with Crippen molar-refractivity contribution < 1.29 is 13.3 Å². The van der Waals surface area contributed by atoms with E-state index in [1.807, 2.05) is 18.2 Å². The molecule has 0 saturated heterocycles. The fraction of sp³-hybridized carbons (Fsp3) is 0.412. The maximum atomic E-state index is 6.12. The van der Waals surface area contributed by atoms with Crippen molar-refractivity contribution in [1.82, 2.24) is 0 Å². The van der Waals surface area contributed by atoms with Crippen LogP contribution in [0.5, 0.6) is 0 Å². The predicted octanol–water partition coefficient (Wildman–Crippen LogP) is 3.49. The van der Waals surface area contributed by atoms with Crippen LogP contribution in [0.3, 0.4) is 0 Å². The average molecular weight is 304 g/mol. The maximum Gasteiger partial charge on any atom is 0.537 e. The van der Waals surface area contributed by atoms with Crippen LogP contribution in [0.2, 0.25) is 0 Å². The second-order valence-electron chi connectivity index (χ2n) is 4.98. The normalized spacial score (nSPS) is 12.0. The van der Waals surface area contributed by atoms with Crippen LogP contribution < -0.4 is 5.19 Å². The summed E-state index contributed by atoms with van der Waals surface area (Å²) in [7, 11) is -1.16. The van der Waals surface area contributed by atoms with Gasteiger partial charge in [0, 0.05) is 25.5 Å². The van der Waals surface area contributed by atoms with Gasteiger partial charge in [0.1, 0.15) is 0 Å². The third-order valence-electron chi connectivity index (χ3n) is 3.38. The zero-order valence-electron chi connectivity index (χ0n) is 13.1. The van der Waals surface area contributed by atoms with E-state index in [9.17, 15) is 0 Å². The monoisotopic (exact) mass is 304 g/mol. The molecule has 21 heavy (non-hydrogen) atoms. The first-order chi connectivity index (χ1) is 10.3. The number of hydrogen-bond acceptors (Lipinski definition) is 3. The number of rotatable bonds is 8. The van der Waals surface area contributed by atoms with Gasteiger partial charge in [0.15, 0.2) is 0 Å². The molecule has 0 aliphatic carbocycles. The highest BCUT2D eigenvalue weighted by molar-refractivity contribution is 6.77. The first-order valence-electron chi connectivity index (χ1n) is 7.58. The van der Waals surface area contributed by atoms with Gasteiger partial charge in [-0.15, -0.1) is 0 Å². The summed E-state index contributed by atoms with van der Waals surface area (Å²) in [6, 6.07) is 14.5. The van der Waals surface area contributed by atoms with Crippen molar-refractivity contribution in [3.63, 3.8) is 0 Å². The van der Waals surface area contributed by atoms with E-state index < -0.39 is 8.80 Å². The van der Waals surface area contributed by atoms with Crippen molar-refractivity contribution in [2.24, 2.45) is 0 Å². The Morgan fingerprint density at radius 1 is 0.857 bits per heavy atom. The van der Waals surface area contributed by atoms with Crippen LogP contribution in [0.1, 0.15) is 26.7 Å². The fourth-order valence-corrected chi connectivity index (χ4v) is 5.04. The van der Waals surface area contributed by atoms with Gasteiger partial charge in [0.2, 0.25) is 0 Å². The minimum Gasteiger partial charge on any atom is -0.373 e. The van der Waals surface area contributed by atoms with Crippen LogP contribution in [0.15, 0.2) is 42.5 Å².